The fourth-order valence-corrected chi connectivity index (χ4v) is 2.46. The van der Waals surface area contributed by atoms with Crippen LogP contribution in [0.25, 0.3) is 0 Å². The zero-order valence-electron chi connectivity index (χ0n) is 9.08. The van der Waals surface area contributed by atoms with E-state index in [-0.39, 0.29) is 5.60 Å². The lowest BCUT2D eigenvalue weighted by Gasteiger charge is -2.40. The molecule has 2 rings (SSSR count). The molecule has 1 aromatic heterocycles. The molecule has 1 saturated heterocycles. The Kier molecular flexibility index (Phi) is 3.35. The maximum Gasteiger partial charge on any atom is 0.119 e. The first-order chi connectivity index (χ1) is 7.28. The molecule has 4 nitrogen and oxygen atoms in total. The average molecular weight is 228 g/mol. The van der Waals surface area contributed by atoms with Gasteiger partial charge in [0.15, 0.2) is 0 Å². The minimum absolute atomic E-state index is 0.0294. The third-order valence-corrected chi connectivity index (χ3v) is 3.57. The molecule has 0 aliphatic carbocycles. The van der Waals surface area contributed by atoms with Crippen molar-refractivity contribution in [1.29, 1.82) is 0 Å². The van der Waals surface area contributed by atoms with Gasteiger partial charge in [0, 0.05) is 39.1 Å². The third-order valence-electron chi connectivity index (χ3n) is 2.70. The van der Waals surface area contributed by atoms with Gasteiger partial charge in [0.2, 0.25) is 0 Å². The van der Waals surface area contributed by atoms with Crippen LogP contribution in [0, 0.1) is 0 Å². The molecule has 0 radical (unpaired) electrons. The van der Waals surface area contributed by atoms with E-state index in [1.807, 2.05) is 0 Å². The molecule has 0 spiro atoms. The van der Waals surface area contributed by atoms with E-state index in [9.17, 15) is 0 Å². The summed E-state index contributed by atoms with van der Waals surface area (Å²) in [7, 11) is 3.46. The number of hydrogen-bond acceptors (Lipinski definition) is 5. The van der Waals surface area contributed by atoms with Crippen LogP contribution in [0.4, 0.5) is 0 Å². The highest BCUT2D eigenvalue weighted by atomic mass is 32.1. The Morgan fingerprint density at radius 3 is 2.87 bits per heavy atom. The summed E-state index contributed by atoms with van der Waals surface area (Å²) in [5.74, 6) is 0. The van der Waals surface area contributed by atoms with Crippen molar-refractivity contribution < 1.29 is 9.47 Å². The van der Waals surface area contributed by atoms with E-state index >= 15 is 0 Å². The van der Waals surface area contributed by atoms with Gasteiger partial charge in [-0.3, -0.25) is 0 Å². The molecular weight excluding hydrogens is 212 g/mol. The van der Waals surface area contributed by atoms with Crippen molar-refractivity contribution in [3.8, 4) is 0 Å². The SMILES string of the molecule is COCc1nc(CC2(OC)CNC2)cs1. The molecule has 0 saturated carbocycles. The van der Waals surface area contributed by atoms with Gasteiger partial charge in [-0.1, -0.05) is 0 Å². The summed E-state index contributed by atoms with van der Waals surface area (Å²) in [6, 6.07) is 0. The maximum absolute atomic E-state index is 5.52. The van der Waals surface area contributed by atoms with Gasteiger partial charge in [0.25, 0.3) is 0 Å². The highest BCUT2D eigenvalue weighted by molar-refractivity contribution is 7.09. The summed E-state index contributed by atoms with van der Waals surface area (Å²) >= 11 is 1.65. The first-order valence-corrected chi connectivity index (χ1v) is 5.84. The third kappa shape index (κ3) is 2.36. The van der Waals surface area contributed by atoms with Crippen LogP contribution in [0.2, 0.25) is 0 Å². The number of methoxy groups -OCH3 is 2. The van der Waals surface area contributed by atoms with Gasteiger partial charge in [-0.2, -0.15) is 0 Å². The summed E-state index contributed by atoms with van der Waals surface area (Å²) in [6.07, 6.45) is 0.886. The quantitative estimate of drug-likeness (QED) is 0.810. The first kappa shape index (κ1) is 11.0. The van der Waals surface area contributed by atoms with Crippen LogP contribution in [0.15, 0.2) is 5.38 Å². The predicted molar refractivity (Wildman–Crippen MR) is 59.1 cm³/mol. The smallest absolute Gasteiger partial charge is 0.119 e. The lowest BCUT2D eigenvalue weighted by molar-refractivity contribution is -0.0508. The van der Waals surface area contributed by atoms with E-state index in [2.05, 4.69) is 15.7 Å². The predicted octanol–water partition coefficient (Wildman–Crippen LogP) is 0.820. The molecule has 0 amide bonds. The molecule has 1 aromatic rings. The second-order valence-electron chi connectivity index (χ2n) is 3.83. The maximum atomic E-state index is 5.52. The Morgan fingerprint density at radius 1 is 1.53 bits per heavy atom. The Morgan fingerprint density at radius 2 is 2.33 bits per heavy atom. The molecule has 1 N–H and O–H groups in total. The number of thiazole rings is 1. The fourth-order valence-electron chi connectivity index (χ4n) is 1.70. The summed E-state index contributed by atoms with van der Waals surface area (Å²) in [5.41, 5.74) is 1.08. The minimum atomic E-state index is -0.0294. The van der Waals surface area contributed by atoms with Crippen LogP contribution >= 0.6 is 11.3 Å². The Hall–Kier alpha value is -0.490. The zero-order valence-corrected chi connectivity index (χ0v) is 9.89. The van der Waals surface area contributed by atoms with Crippen LogP contribution in [0.5, 0.6) is 0 Å². The minimum Gasteiger partial charge on any atom is -0.378 e. The number of hydrogen-bond donors (Lipinski definition) is 1. The second kappa shape index (κ2) is 4.57. The Balaban J connectivity index is 1.97. The number of rotatable bonds is 5. The second-order valence-corrected chi connectivity index (χ2v) is 4.78. The number of nitrogens with one attached hydrogen (secondary N) is 1. The number of aromatic nitrogens is 1. The molecule has 0 atom stereocenters. The summed E-state index contributed by atoms with van der Waals surface area (Å²) in [4.78, 5) is 4.50. The lowest BCUT2D eigenvalue weighted by atomic mass is 9.91. The fraction of sp³-hybridized carbons (Fsp3) is 0.700. The van der Waals surface area contributed by atoms with Crippen LogP contribution < -0.4 is 5.32 Å². The zero-order chi connectivity index (χ0) is 10.7. The summed E-state index contributed by atoms with van der Waals surface area (Å²) in [5, 5.41) is 6.36. The van der Waals surface area contributed by atoms with Gasteiger partial charge in [-0.05, 0) is 0 Å². The van der Waals surface area contributed by atoms with Crippen LogP contribution in [0.3, 0.4) is 0 Å². The van der Waals surface area contributed by atoms with E-state index in [1.165, 1.54) is 0 Å². The van der Waals surface area contributed by atoms with Crippen molar-refractivity contribution >= 4 is 11.3 Å². The summed E-state index contributed by atoms with van der Waals surface area (Å²) in [6.45, 7) is 2.43. The highest BCUT2D eigenvalue weighted by Gasteiger charge is 2.37. The molecular formula is C10H16N2O2S. The largest absolute Gasteiger partial charge is 0.378 e. The van der Waals surface area contributed by atoms with Gasteiger partial charge in [0.05, 0.1) is 17.9 Å². The molecule has 5 heteroatoms. The van der Waals surface area contributed by atoms with E-state index in [4.69, 9.17) is 9.47 Å². The monoisotopic (exact) mass is 228 g/mol. The Bertz CT molecular complexity index is 317. The number of nitrogens with zero attached hydrogens (tertiary/aromatic N) is 1. The highest BCUT2D eigenvalue weighted by Crippen LogP contribution is 2.22. The van der Waals surface area contributed by atoms with Crippen molar-refractivity contribution in [2.45, 2.75) is 18.6 Å². The molecule has 0 bridgehead atoms. The van der Waals surface area contributed by atoms with E-state index in [0.29, 0.717) is 6.61 Å². The van der Waals surface area contributed by atoms with Crippen molar-refractivity contribution in [2.75, 3.05) is 27.3 Å². The molecule has 1 aliphatic rings. The van der Waals surface area contributed by atoms with E-state index < -0.39 is 0 Å². The average Bonchev–Trinajstić information content (AvgIpc) is 2.60. The van der Waals surface area contributed by atoms with Crippen molar-refractivity contribution in [2.24, 2.45) is 0 Å². The first-order valence-electron chi connectivity index (χ1n) is 4.96. The lowest BCUT2D eigenvalue weighted by Crippen LogP contribution is -2.61. The van der Waals surface area contributed by atoms with Crippen molar-refractivity contribution in [1.82, 2.24) is 10.3 Å². The molecule has 0 unspecified atom stereocenters. The molecule has 1 aliphatic heterocycles. The molecule has 2 heterocycles. The van der Waals surface area contributed by atoms with Gasteiger partial charge in [-0.25, -0.2) is 4.98 Å². The topological polar surface area (TPSA) is 43.4 Å². The normalized spacial score (nSPS) is 18.8. The molecule has 1 fully saturated rings. The van der Waals surface area contributed by atoms with Crippen LogP contribution in [-0.4, -0.2) is 37.9 Å². The molecule has 0 aromatic carbocycles. The van der Waals surface area contributed by atoms with Gasteiger partial charge in [0.1, 0.15) is 5.01 Å². The van der Waals surface area contributed by atoms with Crippen LogP contribution in [0.1, 0.15) is 10.7 Å². The van der Waals surface area contributed by atoms with Crippen molar-refractivity contribution in [3.05, 3.63) is 16.1 Å². The van der Waals surface area contributed by atoms with E-state index in [0.717, 1.165) is 30.2 Å². The Labute approximate surface area is 93.6 Å². The standard InChI is InChI=1S/C10H16N2O2S/c1-13-4-9-12-8(5-15-9)3-10(14-2)6-11-7-10/h5,11H,3-4,6-7H2,1-2H3. The van der Waals surface area contributed by atoms with E-state index in [1.54, 1.807) is 25.6 Å². The molecule has 15 heavy (non-hydrogen) atoms. The van der Waals surface area contributed by atoms with Gasteiger partial charge >= 0.3 is 0 Å². The summed E-state index contributed by atoms with van der Waals surface area (Å²) < 4.78 is 10.6. The van der Waals surface area contributed by atoms with Gasteiger partial charge < -0.3 is 14.8 Å². The number of ether oxygens (including phenoxy) is 2. The van der Waals surface area contributed by atoms with Crippen molar-refractivity contribution in [3.63, 3.8) is 0 Å². The van der Waals surface area contributed by atoms with Gasteiger partial charge in [-0.15, -0.1) is 11.3 Å². The van der Waals surface area contributed by atoms with Crippen LogP contribution in [-0.2, 0) is 22.5 Å². The molecule has 84 valence electrons.